The van der Waals surface area contributed by atoms with Gasteiger partial charge in [0.05, 0.1) is 35.1 Å². The van der Waals surface area contributed by atoms with Gasteiger partial charge < -0.3 is 25.7 Å². The summed E-state index contributed by atoms with van der Waals surface area (Å²) in [6.07, 6.45) is 3.31. The minimum atomic E-state index is -1.18. The summed E-state index contributed by atoms with van der Waals surface area (Å²) in [5.74, 6) is -0.600. The number of nitrogens with zero attached hydrogens (tertiary/aromatic N) is 2. The third kappa shape index (κ3) is 4.06. The van der Waals surface area contributed by atoms with E-state index >= 15 is 0 Å². The van der Waals surface area contributed by atoms with Gasteiger partial charge in [-0.3, -0.25) is 4.79 Å². The monoisotopic (exact) mass is 433 g/mol. The first-order valence-electron chi connectivity index (χ1n) is 9.23. The van der Waals surface area contributed by atoms with Crippen LogP contribution in [-0.4, -0.2) is 48.5 Å². The van der Waals surface area contributed by atoms with Crippen molar-refractivity contribution in [1.82, 2.24) is 15.5 Å². The number of nitrogens with one attached hydrogen (secondary N) is 3. The van der Waals surface area contributed by atoms with Gasteiger partial charge >= 0.3 is 0 Å². The Morgan fingerprint density at radius 1 is 1.40 bits per heavy atom. The summed E-state index contributed by atoms with van der Waals surface area (Å²) in [5, 5.41) is 14.4. The second-order valence-electron chi connectivity index (χ2n) is 6.91. The molecule has 1 unspecified atom stereocenters. The van der Waals surface area contributed by atoms with Crippen molar-refractivity contribution in [2.24, 2.45) is 4.99 Å². The first-order valence-corrected chi connectivity index (χ1v) is 9.61. The molecule has 0 aliphatic carbocycles. The van der Waals surface area contributed by atoms with Crippen LogP contribution in [0.15, 0.2) is 57.8 Å². The van der Waals surface area contributed by atoms with Crippen molar-refractivity contribution in [3.63, 3.8) is 0 Å². The van der Waals surface area contributed by atoms with Crippen molar-refractivity contribution < 1.29 is 18.3 Å². The predicted molar refractivity (Wildman–Crippen MR) is 109 cm³/mol. The molecule has 3 aliphatic heterocycles. The molecule has 156 valence electrons. The molecule has 1 atom stereocenters. The third-order valence-electron chi connectivity index (χ3n) is 4.85. The molecule has 1 aromatic rings. The van der Waals surface area contributed by atoms with E-state index in [1.165, 1.54) is 23.4 Å². The van der Waals surface area contributed by atoms with Crippen molar-refractivity contribution in [1.29, 1.82) is 5.41 Å². The van der Waals surface area contributed by atoms with E-state index < -0.39 is 17.9 Å². The van der Waals surface area contributed by atoms with Gasteiger partial charge in [0.25, 0.3) is 5.91 Å². The van der Waals surface area contributed by atoms with Crippen LogP contribution in [0.25, 0.3) is 0 Å². The molecule has 0 saturated carbocycles. The number of rotatable bonds is 3. The smallest absolute Gasteiger partial charge is 0.258 e. The number of halogens is 3. The molecular formula is C20H18ClF2N5O2. The molecule has 10 heteroatoms. The lowest BCUT2D eigenvalue weighted by molar-refractivity contribution is 0.0801. The summed E-state index contributed by atoms with van der Waals surface area (Å²) in [5.41, 5.74) is 1.16. The van der Waals surface area contributed by atoms with Gasteiger partial charge in [-0.15, -0.1) is 0 Å². The second kappa shape index (κ2) is 8.27. The van der Waals surface area contributed by atoms with Gasteiger partial charge in [-0.05, 0) is 12.1 Å². The Hall–Kier alpha value is -3.20. The van der Waals surface area contributed by atoms with Gasteiger partial charge in [-0.2, -0.15) is 0 Å². The Kier molecular flexibility index (Phi) is 5.54. The summed E-state index contributed by atoms with van der Waals surface area (Å²) >= 11 is 5.83. The maximum atomic E-state index is 13.8. The van der Waals surface area contributed by atoms with E-state index in [-0.39, 0.29) is 35.8 Å². The molecule has 1 amide bonds. The van der Waals surface area contributed by atoms with E-state index in [1.807, 2.05) is 0 Å². The van der Waals surface area contributed by atoms with E-state index in [9.17, 15) is 13.6 Å². The van der Waals surface area contributed by atoms with Gasteiger partial charge in [0.2, 0.25) is 0 Å². The average Bonchev–Trinajstić information content (AvgIpc) is 3.32. The molecule has 0 spiro atoms. The number of carbonyl (C=O) groups excluding carboxylic acids is 1. The summed E-state index contributed by atoms with van der Waals surface area (Å²) in [4.78, 5) is 18.7. The minimum Gasteiger partial charge on any atom is -0.462 e. The van der Waals surface area contributed by atoms with Gasteiger partial charge in [0.15, 0.2) is 0 Å². The lowest BCUT2D eigenvalue weighted by atomic mass is 10.1. The van der Waals surface area contributed by atoms with Gasteiger partial charge in [0, 0.05) is 37.0 Å². The van der Waals surface area contributed by atoms with E-state index in [1.54, 1.807) is 6.20 Å². The zero-order chi connectivity index (χ0) is 21.3. The normalized spacial score (nSPS) is 24.7. The van der Waals surface area contributed by atoms with Crippen molar-refractivity contribution in [2.75, 3.05) is 19.6 Å². The van der Waals surface area contributed by atoms with Crippen molar-refractivity contribution in [2.45, 2.75) is 12.6 Å². The molecule has 0 bridgehead atoms. The summed E-state index contributed by atoms with van der Waals surface area (Å²) in [7, 11) is 0. The molecule has 2 saturated heterocycles. The lowest BCUT2D eigenvalue weighted by Crippen LogP contribution is -2.29. The molecule has 3 aliphatic rings. The van der Waals surface area contributed by atoms with Crippen LogP contribution in [-0.2, 0) is 0 Å². The summed E-state index contributed by atoms with van der Waals surface area (Å²) < 4.78 is 33.0. The molecule has 0 aromatic heterocycles. The zero-order valence-corrected chi connectivity index (χ0v) is 16.5. The zero-order valence-electron chi connectivity index (χ0n) is 15.7. The Labute approximate surface area is 176 Å². The van der Waals surface area contributed by atoms with Crippen LogP contribution >= 0.6 is 11.6 Å². The lowest BCUT2D eigenvalue weighted by Gasteiger charge is -2.17. The number of carbonyl (C=O) groups is 1. The number of allylic oxidation sites excluding steroid dienone is 2. The van der Waals surface area contributed by atoms with Gasteiger partial charge in [0.1, 0.15) is 29.8 Å². The molecule has 4 rings (SSSR count). The molecular weight excluding hydrogens is 416 g/mol. The van der Waals surface area contributed by atoms with Crippen LogP contribution in [0.4, 0.5) is 8.78 Å². The molecule has 3 heterocycles. The topological polar surface area (TPSA) is 89.8 Å². The van der Waals surface area contributed by atoms with Crippen LogP contribution in [0, 0.1) is 11.2 Å². The number of hydrogen-bond donors (Lipinski definition) is 3. The largest absolute Gasteiger partial charge is 0.462 e. The number of aliphatic imine (C=N–C) groups is 1. The maximum absolute atomic E-state index is 13.8. The quantitative estimate of drug-likeness (QED) is 0.639. The highest BCUT2D eigenvalue weighted by atomic mass is 35.5. The highest BCUT2D eigenvalue weighted by molar-refractivity contribution is 6.39. The third-order valence-corrected chi connectivity index (χ3v) is 5.06. The summed E-state index contributed by atoms with van der Waals surface area (Å²) in [6, 6.07) is 3.54. The second-order valence-corrected chi connectivity index (χ2v) is 7.35. The predicted octanol–water partition coefficient (Wildman–Crippen LogP) is 2.82. The minimum absolute atomic E-state index is 0.0236. The van der Waals surface area contributed by atoms with E-state index in [4.69, 9.17) is 21.7 Å². The van der Waals surface area contributed by atoms with Crippen LogP contribution in [0.3, 0.4) is 0 Å². The Morgan fingerprint density at radius 2 is 2.23 bits per heavy atom. The average molecular weight is 434 g/mol. The fraction of sp³-hybridized carbons (Fsp3) is 0.250. The number of benzene rings is 1. The molecule has 1 aromatic carbocycles. The molecule has 2 fully saturated rings. The first kappa shape index (κ1) is 20.1. The van der Waals surface area contributed by atoms with Crippen LogP contribution in [0.1, 0.15) is 16.8 Å². The fourth-order valence-corrected chi connectivity index (χ4v) is 3.39. The van der Waals surface area contributed by atoms with Crippen molar-refractivity contribution >= 4 is 29.4 Å². The number of hydrogen-bond acceptors (Lipinski definition) is 6. The highest BCUT2D eigenvalue weighted by Crippen LogP contribution is 2.26. The number of amides is 1. The van der Waals surface area contributed by atoms with Crippen molar-refractivity contribution in [3.05, 3.63) is 64.2 Å². The highest BCUT2D eigenvalue weighted by Gasteiger charge is 2.31. The Bertz CT molecular complexity index is 1030. The van der Waals surface area contributed by atoms with E-state index in [0.29, 0.717) is 29.4 Å². The van der Waals surface area contributed by atoms with E-state index in [2.05, 4.69) is 15.6 Å². The van der Waals surface area contributed by atoms with Gasteiger partial charge in [-0.25, -0.2) is 13.8 Å². The van der Waals surface area contributed by atoms with E-state index in [0.717, 1.165) is 12.1 Å². The van der Waals surface area contributed by atoms with Crippen molar-refractivity contribution in [3.8, 4) is 5.75 Å². The standard InChI is InChI=1S/C20H18ClF2N5O2/c21-11-6-26-19(27-7-11)14-8-28(9-16(14)24)20(29)13-2-1-12(22)5-18(13)30-10-17-15(23)3-4-25-17/h1-2,5-7,10,15,24-26H,3-4,8-9H2/b17-10+,19-14+,24-16?. The Balaban J connectivity index is 1.56. The maximum Gasteiger partial charge on any atom is 0.258 e. The number of alkyl halides is 1. The molecule has 0 radical (unpaired) electrons. The number of ether oxygens (including phenoxy) is 1. The van der Waals surface area contributed by atoms with Crippen LogP contribution < -0.4 is 15.4 Å². The van der Waals surface area contributed by atoms with Crippen LogP contribution in [0.2, 0.25) is 0 Å². The van der Waals surface area contributed by atoms with Crippen LogP contribution in [0.5, 0.6) is 5.75 Å². The summed E-state index contributed by atoms with van der Waals surface area (Å²) in [6.45, 7) is 0.697. The Morgan fingerprint density at radius 3 is 2.93 bits per heavy atom. The molecule has 7 nitrogen and oxygen atoms in total. The molecule has 3 N–H and O–H groups in total. The first-order chi connectivity index (χ1) is 14.4. The SMILES string of the molecule is N=C1CN(C(=O)c2ccc(F)cc2O/C=C2/NCCC2F)C/C1=C1\N=CC(Cl)=CN1. The fourth-order valence-electron chi connectivity index (χ4n) is 3.29. The number of likely N-dealkylation sites (tertiary alicyclic amines) is 1. The van der Waals surface area contributed by atoms with Gasteiger partial charge in [-0.1, -0.05) is 11.6 Å². The molecule has 30 heavy (non-hydrogen) atoms.